The van der Waals surface area contributed by atoms with Gasteiger partial charge in [0.25, 0.3) is 0 Å². The Labute approximate surface area is 212 Å². The predicted molar refractivity (Wildman–Crippen MR) is 145 cm³/mol. The number of nitrogens with zero attached hydrogens (tertiary/aromatic N) is 2. The molecule has 0 aromatic heterocycles. The van der Waals surface area contributed by atoms with Crippen molar-refractivity contribution in [3.8, 4) is 0 Å². The largest absolute Gasteiger partial charge is 0.444 e. The topological polar surface area (TPSA) is 44.8 Å². The molecule has 1 fully saturated rings. The van der Waals surface area contributed by atoms with Crippen LogP contribution in [0.15, 0.2) is 54.6 Å². The van der Waals surface area contributed by atoms with Gasteiger partial charge in [-0.1, -0.05) is 54.6 Å². The highest BCUT2D eigenvalue weighted by Crippen LogP contribution is 2.22. The first kappa shape index (κ1) is 27.2. The van der Waals surface area contributed by atoms with Crippen molar-refractivity contribution in [1.29, 1.82) is 0 Å². The third-order valence-corrected chi connectivity index (χ3v) is 6.77. The highest BCUT2D eigenvalue weighted by molar-refractivity contribution is 5.67. The molecule has 0 bridgehead atoms. The van der Waals surface area contributed by atoms with E-state index in [1.54, 1.807) is 0 Å². The third kappa shape index (κ3) is 10.4. The van der Waals surface area contributed by atoms with Gasteiger partial charge in [0.1, 0.15) is 5.60 Å². The Hall–Kier alpha value is -2.37. The molecule has 1 heterocycles. The standard InChI is InChI=1S/C30H45N3O2/c1-25-11-8-9-14-28(25)24-33(22-17-31-29(34)35-30(2,3)4)19-10-18-32-20-15-27(16-21-32)23-26-12-6-5-7-13-26/h5-9,11-14,27H,10,15-24H2,1-4H3,(H,31,34). The number of piperidine rings is 1. The summed E-state index contributed by atoms with van der Waals surface area (Å²) in [6.45, 7) is 14.7. The smallest absolute Gasteiger partial charge is 0.407 e. The lowest BCUT2D eigenvalue weighted by molar-refractivity contribution is 0.0521. The average Bonchev–Trinajstić information content (AvgIpc) is 2.81. The van der Waals surface area contributed by atoms with E-state index >= 15 is 0 Å². The third-order valence-electron chi connectivity index (χ3n) is 6.77. The number of likely N-dealkylation sites (tertiary alicyclic amines) is 1. The van der Waals surface area contributed by atoms with Gasteiger partial charge < -0.3 is 15.0 Å². The summed E-state index contributed by atoms with van der Waals surface area (Å²) in [5.41, 5.74) is 3.67. The summed E-state index contributed by atoms with van der Waals surface area (Å²) in [6, 6.07) is 19.5. The van der Waals surface area contributed by atoms with Crippen molar-refractivity contribution >= 4 is 6.09 Å². The molecule has 1 N–H and O–H groups in total. The fourth-order valence-corrected chi connectivity index (χ4v) is 4.81. The average molecular weight is 480 g/mol. The van der Waals surface area contributed by atoms with Gasteiger partial charge >= 0.3 is 6.09 Å². The molecule has 0 saturated carbocycles. The van der Waals surface area contributed by atoms with Gasteiger partial charge in [0.15, 0.2) is 0 Å². The second kappa shape index (κ2) is 13.6. The van der Waals surface area contributed by atoms with Gasteiger partial charge in [-0.2, -0.15) is 0 Å². The predicted octanol–water partition coefficient (Wildman–Crippen LogP) is 5.67. The summed E-state index contributed by atoms with van der Waals surface area (Å²) < 4.78 is 5.39. The Balaban J connectivity index is 1.42. The maximum atomic E-state index is 12.1. The summed E-state index contributed by atoms with van der Waals surface area (Å²) in [5.74, 6) is 0.810. The van der Waals surface area contributed by atoms with Crippen LogP contribution in [-0.2, 0) is 17.7 Å². The molecule has 0 radical (unpaired) electrons. The van der Waals surface area contributed by atoms with Crippen LogP contribution < -0.4 is 5.32 Å². The van der Waals surface area contributed by atoms with Crippen LogP contribution in [0.4, 0.5) is 4.79 Å². The number of hydrogen-bond acceptors (Lipinski definition) is 4. The lowest BCUT2D eigenvalue weighted by Crippen LogP contribution is -2.39. The number of alkyl carbamates (subject to hydrolysis) is 1. The maximum absolute atomic E-state index is 12.1. The van der Waals surface area contributed by atoms with Crippen LogP contribution in [0.5, 0.6) is 0 Å². The van der Waals surface area contributed by atoms with E-state index in [9.17, 15) is 4.79 Å². The van der Waals surface area contributed by atoms with Crippen molar-refractivity contribution < 1.29 is 9.53 Å². The Morgan fingerprint density at radius 2 is 1.71 bits per heavy atom. The molecule has 1 saturated heterocycles. The number of amides is 1. The Morgan fingerprint density at radius 1 is 1.03 bits per heavy atom. The Bertz CT molecular complexity index is 886. The van der Waals surface area contributed by atoms with E-state index in [0.717, 1.165) is 38.5 Å². The number of carbonyl (C=O) groups excluding carboxylic acids is 1. The van der Waals surface area contributed by atoms with E-state index in [2.05, 4.69) is 76.6 Å². The lowest BCUT2D eigenvalue weighted by atomic mass is 9.90. The quantitative estimate of drug-likeness (QED) is 0.451. The highest BCUT2D eigenvalue weighted by atomic mass is 16.6. The fraction of sp³-hybridized carbons (Fsp3) is 0.567. The van der Waals surface area contributed by atoms with Crippen LogP contribution in [0.3, 0.4) is 0 Å². The SMILES string of the molecule is Cc1ccccc1CN(CCCN1CCC(Cc2ccccc2)CC1)CCNC(=O)OC(C)(C)C. The number of carbonyl (C=O) groups is 1. The van der Waals surface area contributed by atoms with Crippen molar-refractivity contribution in [3.05, 3.63) is 71.3 Å². The van der Waals surface area contributed by atoms with E-state index in [-0.39, 0.29) is 6.09 Å². The molecule has 0 spiro atoms. The van der Waals surface area contributed by atoms with E-state index in [0.29, 0.717) is 6.54 Å². The molecule has 2 aromatic carbocycles. The lowest BCUT2D eigenvalue weighted by Gasteiger charge is -2.33. The number of benzene rings is 2. The summed E-state index contributed by atoms with van der Waals surface area (Å²) in [7, 11) is 0. The van der Waals surface area contributed by atoms with Crippen LogP contribution in [0, 0.1) is 12.8 Å². The van der Waals surface area contributed by atoms with E-state index in [1.807, 2.05) is 20.8 Å². The number of nitrogens with one attached hydrogen (secondary N) is 1. The van der Waals surface area contributed by atoms with Gasteiger partial charge in [-0.15, -0.1) is 0 Å². The molecule has 0 atom stereocenters. The summed E-state index contributed by atoms with van der Waals surface area (Å²) in [6.07, 6.45) is 4.60. The number of ether oxygens (including phenoxy) is 1. The molecule has 5 heteroatoms. The molecular formula is C30H45N3O2. The van der Waals surface area contributed by atoms with Crippen LogP contribution >= 0.6 is 0 Å². The second-order valence-electron chi connectivity index (χ2n) is 11.0. The monoisotopic (exact) mass is 479 g/mol. The van der Waals surface area contributed by atoms with E-state index < -0.39 is 5.60 Å². The normalized spacial score (nSPS) is 15.3. The minimum absolute atomic E-state index is 0.341. The molecule has 3 rings (SSSR count). The summed E-state index contributed by atoms with van der Waals surface area (Å²) >= 11 is 0. The molecule has 1 amide bonds. The number of rotatable bonds is 11. The highest BCUT2D eigenvalue weighted by Gasteiger charge is 2.20. The fourth-order valence-electron chi connectivity index (χ4n) is 4.81. The van der Waals surface area contributed by atoms with Crippen molar-refractivity contribution in [1.82, 2.24) is 15.1 Å². The Kier molecular flexibility index (Phi) is 10.6. The molecule has 1 aliphatic rings. The first-order valence-electron chi connectivity index (χ1n) is 13.3. The molecule has 35 heavy (non-hydrogen) atoms. The maximum Gasteiger partial charge on any atom is 0.407 e. The summed E-state index contributed by atoms with van der Waals surface area (Å²) in [4.78, 5) is 17.1. The number of aryl methyl sites for hydroxylation is 1. The molecular weight excluding hydrogens is 434 g/mol. The molecule has 192 valence electrons. The van der Waals surface area contributed by atoms with Gasteiger partial charge in [0, 0.05) is 19.6 Å². The first-order valence-corrected chi connectivity index (χ1v) is 13.3. The second-order valence-corrected chi connectivity index (χ2v) is 11.0. The first-order chi connectivity index (χ1) is 16.8. The van der Waals surface area contributed by atoms with Gasteiger partial charge in [-0.05, 0) is 102 Å². The van der Waals surface area contributed by atoms with Gasteiger partial charge in [0.2, 0.25) is 0 Å². The zero-order valence-electron chi connectivity index (χ0n) is 22.3. The summed E-state index contributed by atoms with van der Waals surface area (Å²) in [5, 5.41) is 2.92. The van der Waals surface area contributed by atoms with Crippen molar-refractivity contribution in [2.24, 2.45) is 5.92 Å². The van der Waals surface area contributed by atoms with Crippen LogP contribution in [0.25, 0.3) is 0 Å². The Morgan fingerprint density at radius 3 is 2.40 bits per heavy atom. The number of hydrogen-bond donors (Lipinski definition) is 1. The molecule has 2 aromatic rings. The van der Waals surface area contributed by atoms with Gasteiger partial charge in [0.05, 0.1) is 0 Å². The zero-order valence-corrected chi connectivity index (χ0v) is 22.3. The van der Waals surface area contributed by atoms with E-state index in [4.69, 9.17) is 4.74 Å². The van der Waals surface area contributed by atoms with Crippen molar-refractivity contribution in [3.63, 3.8) is 0 Å². The van der Waals surface area contributed by atoms with Gasteiger partial charge in [-0.3, -0.25) is 4.90 Å². The molecule has 0 aliphatic carbocycles. The van der Waals surface area contributed by atoms with Crippen LogP contribution in [0.1, 0.15) is 56.7 Å². The van der Waals surface area contributed by atoms with Crippen LogP contribution in [-0.4, -0.2) is 60.8 Å². The molecule has 1 aliphatic heterocycles. The van der Waals surface area contributed by atoms with Crippen molar-refractivity contribution in [2.45, 2.75) is 65.5 Å². The minimum Gasteiger partial charge on any atom is -0.444 e. The minimum atomic E-state index is -0.473. The zero-order chi connectivity index (χ0) is 25.1. The van der Waals surface area contributed by atoms with Crippen molar-refractivity contribution in [2.75, 3.05) is 39.3 Å². The van der Waals surface area contributed by atoms with Crippen LogP contribution in [0.2, 0.25) is 0 Å². The van der Waals surface area contributed by atoms with Gasteiger partial charge in [-0.25, -0.2) is 4.79 Å². The molecule has 0 unspecified atom stereocenters. The molecule has 5 nitrogen and oxygen atoms in total. The van der Waals surface area contributed by atoms with E-state index in [1.165, 1.54) is 49.0 Å².